The number of pyridine rings is 1. The van der Waals surface area contributed by atoms with Crippen LogP contribution in [0.3, 0.4) is 0 Å². The summed E-state index contributed by atoms with van der Waals surface area (Å²) in [5.41, 5.74) is 1.54. The largest absolute Gasteiger partial charge is 0.462 e. The van der Waals surface area contributed by atoms with E-state index >= 15 is 0 Å². The standard InChI is InChI=1S/C23H26F3N5O3S/c1-2-15-35(32,33)30-21-22(29-19-6-4-3-5-18(19)28-21)34-20(23(24,25)26)16-9-13-31(14-10-16)17-7-11-27-12-8-17/h3-8,11-12,16,20H,2,9-10,13-15H2,1H3,(H,28,30). The molecule has 1 aromatic carbocycles. The van der Waals surface area contributed by atoms with Crippen LogP contribution in [0.4, 0.5) is 24.7 Å². The number of benzene rings is 1. The number of nitrogens with one attached hydrogen (secondary N) is 1. The predicted molar refractivity (Wildman–Crippen MR) is 127 cm³/mol. The van der Waals surface area contributed by atoms with Gasteiger partial charge in [-0.2, -0.15) is 13.2 Å². The molecule has 0 radical (unpaired) electrons. The summed E-state index contributed by atoms with van der Waals surface area (Å²) in [6.45, 7) is 2.52. The number of alkyl halides is 3. The van der Waals surface area contributed by atoms with Crippen LogP contribution in [0.5, 0.6) is 5.88 Å². The number of nitrogens with zero attached hydrogens (tertiary/aromatic N) is 4. The van der Waals surface area contributed by atoms with Crippen molar-refractivity contribution in [1.29, 1.82) is 0 Å². The normalized spacial score (nSPS) is 16.3. The van der Waals surface area contributed by atoms with Gasteiger partial charge in [0, 0.05) is 37.1 Å². The fraction of sp³-hybridized carbons (Fsp3) is 0.435. The monoisotopic (exact) mass is 509 g/mol. The quantitative estimate of drug-likeness (QED) is 0.481. The van der Waals surface area contributed by atoms with Gasteiger partial charge in [-0.1, -0.05) is 19.1 Å². The van der Waals surface area contributed by atoms with Gasteiger partial charge in [0.25, 0.3) is 5.88 Å². The minimum Gasteiger partial charge on any atom is -0.462 e. The van der Waals surface area contributed by atoms with Crippen molar-refractivity contribution < 1.29 is 26.3 Å². The van der Waals surface area contributed by atoms with Gasteiger partial charge in [0.05, 0.1) is 16.8 Å². The lowest BCUT2D eigenvalue weighted by atomic mass is 9.90. The van der Waals surface area contributed by atoms with E-state index in [1.807, 2.05) is 17.0 Å². The number of halogens is 3. The number of ether oxygens (including phenoxy) is 1. The third-order valence-corrected chi connectivity index (χ3v) is 7.27. The second-order valence-corrected chi connectivity index (χ2v) is 10.2. The number of para-hydroxylation sites is 2. The number of piperidine rings is 1. The Morgan fingerprint density at radius 3 is 2.31 bits per heavy atom. The van der Waals surface area contributed by atoms with Crippen molar-refractivity contribution in [2.75, 3.05) is 28.5 Å². The number of hydrogen-bond acceptors (Lipinski definition) is 7. The lowest BCUT2D eigenvalue weighted by Crippen LogP contribution is -2.46. The Hall–Kier alpha value is -3.15. The molecule has 0 saturated carbocycles. The number of hydrogen-bond donors (Lipinski definition) is 1. The Morgan fingerprint density at radius 1 is 1.09 bits per heavy atom. The summed E-state index contributed by atoms with van der Waals surface area (Å²) < 4.78 is 75.0. The zero-order chi connectivity index (χ0) is 25.1. The van der Waals surface area contributed by atoms with Crippen LogP contribution in [0.2, 0.25) is 0 Å². The number of sulfonamides is 1. The zero-order valence-corrected chi connectivity index (χ0v) is 19.9. The van der Waals surface area contributed by atoms with E-state index in [-0.39, 0.29) is 24.4 Å². The predicted octanol–water partition coefficient (Wildman–Crippen LogP) is 4.40. The van der Waals surface area contributed by atoms with Gasteiger partial charge in [-0.05, 0) is 43.5 Å². The van der Waals surface area contributed by atoms with Crippen LogP contribution >= 0.6 is 0 Å². The van der Waals surface area contributed by atoms with Crippen LogP contribution in [0.25, 0.3) is 11.0 Å². The number of fused-ring (bicyclic) bond motifs is 1. The molecule has 1 N–H and O–H groups in total. The van der Waals surface area contributed by atoms with Crippen LogP contribution in [0.15, 0.2) is 48.8 Å². The fourth-order valence-electron chi connectivity index (χ4n) is 4.17. The molecule has 8 nitrogen and oxygen atoms in total. The van der Waals surface area contributed by atoms with Crippen molar-refractivity contribution in [2.24, 2.45) is 5.92 Å². The van der Waals surface area contributed by atoms with Gasteiger partial charge in [-0.15, -0.1) is 0 Å². The topological polar surface area (TPSA) is 97.3 Å². The van der Waals surface area contributed by atoms with Gasteiger partial charge in [0.1, 0.15) is 0 Å². The Bertz CT molecular complexity index is 1250. The lowest BCUT2D eigenvalue weighted by Gasteiger charge is -2.37. The molecule has 0 amide bonds. The van der Waals surface area contributed by atoms with Crippen molar-refractivity contribution in [2.45, 2.75) is 38.5 Å². The maximum absolute atomic E-state index is 14.2. The average Bonchev–Trinajstić information content (AvgIpc) is 2.82. The molecule has 0 aliphatic carbocycles. The minimum atomic E-state index is -4.68. The van der Waals surface area contributed by atoms with E-state index in [4.69, 9.17) is 4.74 Å². The summed E-state index contributed by atoms with van der Waals surface area (Å²) in [5, 5.41) is 0. The Kier molecular flexibility index (Phi) is 7.29. The maximum atomic E-state index is 14.2. The molecule has 3 aromatic rings. The first-order valence-corrected chi connectivity index (χ1v) is 13.0. The first kappa shape index (κ1) is 25.0. The van der Waals surface area contributed by atoms with E-state index in [2.05, 4.69) is 19.7 Å². The Morgan fingerprint density at radius 2 is 1.71 bits per heavy atom. The smallest absolute Gasteiger partial charge is 0.425 e. The van der Waals surface area contributed by atoms with Gasteiger partial charge in [0.15, 0.2) is 6.10 Å². The first-order valence-electron chi connectivity index (χ1n) is 11.3. The fourth-order valence-corrected chi connectivity index (χ4v) is 5.23. The average molecular weight is 510 g/mol. The maximum Gasteiger partial charge on any atom is 0.425 e. The highest BCUT2D eigenvalue weighted by Crippen LogP contribution is 2.37. The summed E-state index contributed by atoms with van der Waals surface area (Å²) in [7, 11) is -3.84. The molecule has 4 rings (SSSR count). The molecule has 3 heterocycles. The molecular formula is C23H26F3N5O3S. The second kappa shape index (κ2) is 10.2. The van der Waals surface area contributed by atoms with Crippen molar-refractivity contribution in [3.63, 3.8) is 0 Å². The molecule has 35 heavy (non-hydrogen) atoms. The third kappa shape index (κ3) is 6.11. The van der Waals surface area contributed by atoms with Crippen LogP contribution < -0.4 is 14.4 Å². The number of aromatic nitrogens is 3. The molecule has 188 valence electrons. The van der Waals surface area contributed by atoms with Crippen LogP contribution in [-0.2, 0) is 10.0 Å². The minimum absolute atomic E-state index is 0.211. The highest BCUT2D eigenvalue weighted by atomic mass is 32.2. The van der Waals surface area contributed by atoms with Gasteiger partial charge in [-0.3, -0.25) is 9.71 Å². The molecule has 0 bridgehead atoms. The van der Waals surface area contributed by atoms with Gasteiger partial charge < -0.3 is 9.64 Å². The SMILES string of the molecule is CCCS(=O)(=O)Nc1nc2ccccc2nc1OC(C1CCN(c2ccncc2)CC1)C(F)(F)F. The summed E-state index contributed by atoms with van der Waals surface area (Å²) in [5.74, 6) is -1.87. The summed E-state index contributed by atoms with van der Waals surface area (Å²) in [4.78, 5) is 14.4. The molecule has 1 fully saturated rings. The van der Waals surface area contributed by atoms with Crippen LogP contribution in [-0.4, -0.2) is 54.5 Å². The van der Waals surface area contributed by atoms with E-state index in [1.165, 1.54) is 0 Å². The number of rotatable bonds is 8. The zero-order valence-electron chi connectivity index (χ0n) is 19.1. The first-order chi connectivity index (χ1) is 16.7. The van der Waals surface area contributed by atoms with Crippen LogP contribution in [0.1, 0.15) is 26.2 Å². The van der Waals surface area contributed by atoms with Crippen molar-refractivity contribution >= 4 is 32.6 Å². The molecule has 1 atom stereocenters. The van der Waals surface area contributed by atoms with Gasteiger partial charge in [0.2, 0.25) is 15.8 Å². The summed E-state index contributed by atoms with van der Waals surface area (Å²) >= 11 is 0. The molecule has 1 saturated heterocycles. The Balaban J connectivity index is 1.61. The molecular weight excluding hydrogens is 483 g/mol. The van der Waals surface area contributed by atoms with Crippen LogP contribution in [0, 0.1) is 5.92 Å². The molecule has 12 heteroatoms. The molecule has 2 aromatic heterocycles. The van der Waals surface area contributed by atoms with Crippen molar-refractivity contribution in [3.8, 4) is 5.88 Å². The highest BCUT2D eigenvalue weighted by molar-refractivity contribution is 7.92. The Labute approximate surface area is 201 Å². The number of anilines is 2. The lowest BCUT2D eigenvalue weighted by molar-refractivity contribution is -0.212. The van der Waals surface area contributed by atoms with Crippen molar-refractivity contribution in [3.05, 3.63) is 48.8 Å². The van der Waals surface area contributed by atoms with E-state index in [0.717, 1.165) is 5.69 Å². The van der Waals surface area contributed by atoms with Crippen molar-refractivity contribution in [1.82, 2.24) is 15.0 Å². The molecule has 1 aliphatic heterocycles. The molecule has 0 spiro atoms. The highest BCUT2D eigenvalue weighted by Gasteiger charge is 2.48. The van der Waals surface area contributed by atoms with E-state index in [9.17, 15) is 21.6 Å². The molecule has 1 unspecified atom stereocenters. The van der Waals surface area contributed by atoms with E-state index < -0.39 is 34.1 Å². The summed E-state index contributed by atoms with van der Waals surface area (Å²) in [6.07, 6.45) is -2.75. The molecule has 1 aliphatic rings. The third-order valence-electron chi connectivity index (χ3n) is 5.82. The van der Waals surface area contributed by atoms with Gasteiger partial charge >= 0.3 is 6.18 Å². The second-order valence-electron chi connectivity index (χ2n) is 8.40. The van der Waals surface area contributed by atoms with E-state index in [1.54, 1.807) is 43.6 Å². The van der Waals surface area contributed by atoms with E-state index in [0.29, 0.717) is 30.5 Å². The summed E-state index contributed by atoms with van der Waals surface area (Å²) in [6, 6.07) is 10.2. The van der Waals surface area contributed by atoms with Gasteiger partial charge in [-0.25, -0.2) is 18.4 Å².